The van der Waals surface area contributed by atoms with E-state index in [1.165, 1.54) is 0 Å². The van der Waals surface area contributed by atoms with Crippen LogP contribution in [0.15, 0.2) is 22.7 Å². The Hall–Kier alpha value is -1.03. The molecule has 0 aromatic heterocycles. The SMILES string of the molecule is COc1ccc(C(=O)N2CCC(C)C2)cc1Br. The molecule has 1 aromatic carbocycles. The maximum absolute atomic E-state index is 12.2. The summed E-state index contributed by atoms with van der Waals surface area (Å²) in [4.78, 5) is 14.1. The Morgan fingerprint density at radius 1 is 1.53 bits per heavy atom. The van der Waals surface area contributed by atoms with Gasteiger partial charge >= 0.3 is 0 Å². The van der Waals surface area contributed by atoms with Crippen LogP contribution in [0.2, 0.25) is 0 Å². The minimum absolute atomic E-state index is 0.109. The number of hydrogen-bond acceptors (Lipinski definition) is 2. The number of likely N-dealkylation sites (tertiary alicyclic amines) is 1. The highest BCUT2D eigenvalue weighted by molar-refractivity contribution is 9.10. The number of rotatable bonds is 2. The lowest BCUT2D eigenvalue weighted by Gasteiger charge is -2.16. The molecule has 1 amide bonds. The van der Waals surface area contributed by atoms with E-state index in [9.17, 15) is 4.79 Å². The molecule has 0 bridgehead atoms. The molecule has 0 N–H and O–H groups in total. The van der Waals surface area contributed by atoms with Crippen LogP contribution in [0.5, 0.6) is 5.75 Å². The molecule has 1 atom stereocenters. The quantitative estimate of drug-likeness (QED) is 0.840. The highest BCUT2D eigenvalue weighted by Crippen LogP contribution is 2.27. The minimum atomic E-state index is 0.109. The maximum atomic E-state index is 12.2. The lowest BCUT2D eigenvalue weighted by atomic mass is 10.2. The molecule has 1 aromatic rings. The van der Waals surface area contributed by atoms with Crippen molar-refractivity contribution in [3.63, 3.8) is 0 Å². The molecule has 1 aliphatic rings. The first kappa shape index (κ1) is 12.4. The number of hydrogen-bond donors (Lipinski definition) is 0. The van der Waals surface area contributed by atoms with Crippen LogP contribution in [0.3, 0.4) is 0 Å². The zero-order chi connectivity index (χ0) is 12.4. The van der Waals surface area contributed by atoms with Crippen molar-refractivity contribution in [2.24, 2.45) is 5.92 Å². The van der Waals surface area contributed by atoms with Gasteiger partial charge in [-0.25, -0.2) is 0 Å². The van der Waals surface area contributed by atoms with Crippen molar-refractivity contribution in [2.75, 3.05) is 20.2 Å². The van der Waals surface area contributed by atoms with E-state index in [4.69, 9.17) is 4.74 Å². The average molecular weight is 298 g/mol. The molecule has 0 radical (unpaired) electrons. The summed E-state index contributed by atoms with van der Waals surface area (Å²) in [5.41, 5.74) is 0.715. The second kappa shape index (κ2) is 5.08. The largest absolute Gasteiger partial charge is 0.496 e. The van der Waals surface area contributed by atoms with Crippen LogP contribution < -0.4 is 4.74 Å². The predicted molar refractivity (Wildman–Crippen MR) is 70.4 cm³/mol. The third-order valence-electron chi connectivity index (χ3n) is 3.11. The van der Waals surface area contributed by atoms with Crippen LogP contribution in [0.25, 0.3) is 0 Å². The van der Waals surface area contributed by atoms with Gasteiger partial charge in [0.25, 0.3) is 5.91 Å². The van der Waals surface area contributed by atoms with E-state index >= 15 is 0 Å². The van der Waals surface area contributed by atoms with Gasteiger partial charge in [0, 0.05) is 18.7 Å². The molecule has 2 rings (SSSR count). The van der Waals surface area contributed by atoms with Crippen molar-refractivity contribution in [1.29, 1.82) is 0 Å². The molecular formula is C13H16BrNO2. The molecule has 1 heterocycles. The summed E-state index contributed by atoms with van der Waals surface area (Å²) >= 11 is 3.40. The summed E-state index contributed by atoms with van der Waals surface area (Å²) in [5, 5.41) is 0. The fraction of sp³-hybridized carbons (Fsp3) is 0.462. The van der Waals surface area contributed by atoms with Crippen molar-refractivity contribution in [3.05, 3.63) is 28.2 Å². The Bertz CT molecular complexity index is 433. The summed E-state index contributed by atoms with van der Waals surface area (Å²) in [5.74, 6) is 1.47. The molecule has 1 aliphatic heterocycles. The van der Waals surface area contributed by atoms with Crippen LogP contribution in [-0.4, -0.2) is 31.0 Å². The fourth-order valence-corrected chi connectivity index (χ4v) is 2.64. The fourth-order valence-electron chi connectivity index (χ4n) is 2.10. The Morgan fingerprint density at radius 3 is 2.82 bits per heavy atom. The molecule has 0 saturated carbocycles. The van der Waals surface area contributed by atoms with Crippen molar-refractivity contribution in [2.45, 2.75) is 13.3 Å². The van der Waals surface area contributed by atoms with Crippen LogP contribution in [0.4, 0.5) is 0 Å². The van der Waals surface area contributed by atoms with E-state index in [1.807, 2.05) is 23.1 Å². The first-order chi connectivity index (χ1) is 8.11. The molecule has 1 fully saturated rings. The van der Waals surface area contributed by atoms with E-state index in [-0.39, 0.29) is 5.91 Å². The number of ether oxygens (including phenoxy) is 1. The molecule has 1 saturated heterocycles. The second-order valence-corrected chi connectivity index (χ2v) is 5.35. The lowest BCUT2D eigenvalue weighted by Crippen LogP contribution is -2.28. The zero-order valence-corrected chi connectivity index (χ0v) is 11.7. The highest BCUT2D eigenvalue weighted by atomic mass is 79.9. The van der Waals surface area contributed by atoms with Gasteiger partial charge in [-0.05, 0) is 46.5 Å². The van der Waals surface area contributed by atoms with E-state index in [0.29, 0.717) is 11.5 Å². The summed E-state index contributed by atoms with van der Waals surface area (Å²) in [6.07, 6.45) is 1.10. The van der Waals surface area contributed by atoms with Crippen LogP contribution in [0.1, 0.15) is 23.7 Å². The number of nitrogens with zero attached hydrogens (tertiary/aromatic N) is 1. The smallest absolute Gasteiger partial charge is 0.253 e. The van der Waals surface area contributed by atoms with E-state index in [2.05, 4.69) is 22.9 Å². The molecule has 3 nitrogen and oxygen atoms in total. The molecule has 92 valence electrons. The first-order valence-corrected chi connectivity index (χ1v) is 6.54. The van der Waals surface area contributed by atoms with Gasteiger partial charge in [0.05, 0.1) is 11.6 Å². The topological polar surface area (TPSA) is 29.5 Å². The van der Waals surface area contributed by atoms with Gasteiger partial charge in [-0.15, -0.1) is 0 Å². The number of benzene rings is 1. The summed E-state index contributed by atoms with van der Waals surface area (Å²) in [6.45, 7) is 3.91. The standard InChI is InChI=1S/C13H16BrNO2/c1-9-5-6-15(8-9)13(16)10-3-4-12(17-2)11(14)7-10/h3-4,7,9H,5-6,8H2,1-2H3. The van der Waals surface area contributed by atoms with Gasteiger partial charge in [0.2, 0.25) is 0 Å². The molecule has 1 unspecified atom stereocenters. The van der Waals surface area contributed by atoms with Gasteiger partial charge in [-0.3, -0.25) is 4.79 Å². The second-order valence-electron chi connectivity index (χ2n) is 4.49. The number of halogens is 1. The van der Waals surface area contributed by atoms with Gasteiger partial charge in [-0.1, -0.05) is 6.92 Å². The zero-order valence-electron chi connectivity index (χ0n) is 10.1. The average Bonchev–Trinajstić information content (AvgIpc) is 2.75. The summed E-state index contributed by atoms with van der Waals surface area (Å²) in [6, 6.07) is 5.45. The lowest BCUT2D eigenvalue weighted by molar-refractivity contribution is 0.0788. The Labute approximate surface area is 110 Å². The number of methoxy groups -OCH3 is 1. The first-order valence-electron chi connectivity index (χ1n) is 5.74. The maximum Gasteiger partial charge on any atom is 0.253 e. The van der Waals surface area contributed by atoms with Crippen LogP contribution in [-0.2, 0) is 0 Å². The van der Waals surface area contributed by atoms with Crippen molar-refractivity contribution >= 4 is 21.8 Å². The third-order valence-corrected chi connectivity index (χ3v) is 3.73. The van der Waals surface area contributed by atoms with Gasteiger partial charge in [0.15, 0.2) is 0 Å². The molecule has 17 heavy (non-hydrogen) atoms. The summed E-state index contributed by atoms with van der Waals surface area (Å²) in [7, 11) is 1.61. The van der Waals surface area contributed by atoms with E-state index in [0.717, 1.165) is 29.7 Å². The van der Waals surface area contributed by atoms with Crippen LogP contribution in [0, 0.1) is 5.92 Å². The Kier molecular flexibility index (Phi) is 3.72. The summed E-state index contributed by atoms with van der Waals surface area (Å²) < 4.78 is 5.97. The molecule has 0 spiro atoms. The highest BCUT2D eigenvalue weighted by Gasteiger charge is 2.24. The van der Waals surface area contributed by atoms with Gasteiger partial charge < -0.3 is 9.64 Å². The molecule has 0 aliphatic carbocycles. The van der Waals surface area contributed by atoms with Gasteiger partial charge in [-0.2, -0.15) is 0 Å². The van der Waals surface area contributed by atoms with E-state index in [1.54, 1.807) is 7.11 Å². The monoisotopic (exact) mass is 297 g/mol. The third kappa shape index (κ3) is 2.63. The number of carbonyl (C=O) groups is 1. The predicted octanol–water partition coefficient (Wildman–Crippen LogP) is 2.94. The number of amides is 1. The number of carbonyl (C=O) groups excluding carboxylic acids is 1. The van der Waals surface area contributed by atoms with Crippen molar-refractivity contribution < 1.29 is 9.53 Å². The molecule has 4 heteroatoms. The normalized spacial score (nSPS) is 19.5. The molecular weight excluding hydrogens is 282 g/mol. The van der Waals surface area contributed by atoms with Crippen molar-refractivity contribution in [1.82, 2.24) is 4.90 Å². The minimum Gasteiger partial charge on any atom is -0.496 e. The van der Waals surface area contributed by atoms with Gasteiger partial charge in [0.1, 0.15) is 5.75 Å². The van der Waals surface area contributed by atoms with Crippen LogP contribution >= 0.6 is 15.9 Å². The Balaban J connectivity index is 2.17. The van der Waals surface area contributed by atoms with Crippen molar-refractivity contribution in [3.8, 4) is 5.75 Å². The van der Waals surface area contributed by atoms with E-state index < -0.39 is 0 Å². The Morgan fingerprint density at radius 2 is 2.29 bits per heavy atom.